The highest BCUT2D eigenvalue weighted by Crippen LogP contribution is 2.22. The molecule has 1 fully saturated rings. The summed E-state index contributed by atoms with van der Waals surface area (Å²) in [4.78, 5) is 15.4. The highest BCUT2D eigenvalue weighted by Gasteiger charge is 2.21. The van der Waals surface area contributed by atoms with E-state index in [1.165, 1.54) is 0 Å². The molecule has 1 aromatic carbocycles. The lowest BCUT2D eigenvalue weighted by Gasteiger charge is -2.25. The fourth-order valence-electron chi connectivity index (χ4n) is 2.70. The van der Waals surface area contributed by atoms with E-state index in [2.05, 4.69) is 26.2 Å². The number of hydrogen-bond acceptors (Lipinski definition) is 2. The van der Waals surface area contributed by atoms with Gasteiger partial charge in [0.1, 0.15) is 5.69 Å². The van der Waals surface area contributed by atoms with E-state index in [1.807, 2.05) is 24.3 Å². The lowest BCUT2D eigenvalue weighted by atomic mass is 9.93. The summed E-state index contributed by atoms with van der Waals surface area (Å²) in [6.45, 7) is 0. The first-order valence-corrected chi connectivity index (χ1v) is 7.68. The molecule has 1 aromatic heterocycles. The first-order valence-electron chi connectivity index (χ1n) is 6.89. The fraction of sp³-hybridized carbons (Fsp3) is 0.400. The second-order valence-corrected chi connectivity index (χ2v) is 6.31. The molecule has 3 rings (SSSR count). The van der Waals surface area contributed by atoms with Gasteiger partial charge in [0.05, 0.1) is 6.10 Å². The molecule has 0 radical (unpaired) electrons. The monoisotopic (exact) mass is 336 g/mol. The molecule has 106 valence electrons. The average Bonchev–Trinajstić information content (AvgIpc) is 2.84. The van der Waals surface area contributed by atoms with E-state index < -0.39 is 0 Å². The van der Waals surface area contributed by atoms with E-state index in [4.69, 9.17) is 0 Å². The second kappa shape index (κ2) is 5.58. The third-order valence-electron chi connectivity index (χ3n) is 3.86. The minimum absolute atomic E-state index is 0.0706. The van der Waals surface area contributed by atoms with E-state index in [0.717, 1.165) is 41.1 Å². The Morgan fingerprint density at radius 3 is 2.75 bits per heavy atom. The zero-order chi connectivity index (χ0) is 14.1. The van der Waals surface area contributed by atoms with Crippen molar-refractivity contribution in [1.29, 1.82) is 0 Å². The van der Waals surface area contributed by atoms with Gasteiger partial charge in [0.15, 0.2) is 0 Å². The number of rotatable bonds is 2. The number of aliphatic hydroxyl groups is 1. The van der Waals surface area contributed by atoms with Gasteiger partial charge in [-0.25, -0.2) is 0 Å². The van der Waals surface area contributed by atoms with Gasteiger partial charge in [-0.2, -0.15) is 0 Å². The predicted molar refractivity (Wildman–Crippen MR) is 81.7 cm³/mol. The summed E-state index contributed by atoms with van der Waals surface area (Å²) in [5, 5.41) is 13.5. The normalized spacial score (nSPS) is 22.9. The molecule has 5 heteroatoms. The number of nitrogens with one attached hydrogen (secondary N) is 2. The van der Waals surface area contributed by atoms with Crippen molar-refractivity contribution in [2.24, 2.45) is 0 Å². The predicted octanol–water partition coefficient (Wildman–Crippen LogP) is 2.96. The number of fused-ring (bicyclic) bond motifs is 1. The number of carbonyl (C=O) groups is 1. The van der Waals surface area contributed by atoms with Crippen LogP contribution in [0.4, 0.5) is 0 Å². The van der Waals surface area contributed by atoms with Crippen LogP contribution in [-0.2, 0) is 0 Å². The highest BCUT2D eigenvalue weighted by atomic mass is 79.9. The minimum Gasteiger partial charge on any atom is -0.393 e. The molecule has 2 aromatic rings. The molecular weight excluding hydrogens is 320 g/mol. The molecule has 0 atom stereocenters. The molecule has 3 N–H and O–H groups in total. The van der Waals surface area contributed by atoms with E-state index in [9.17, 15) is 9.90 Å². The number of halogens is 1. The first-order chi connectivity index (χ1) is 9.61. The number of hydrogen-bond donors (Lipinski definition) is 3. The van der Waals surface area contributed by atoms with Gasteiger partial charge in [0.25, 0.3) is 5.91 Å². The minimum atomic E-state index is -0.200. The van der Waals surface area contributed by atoms with E-state index in [1.54, 1.807) is 0 Å². The molecule has 1 saturated carbocycles. The standard InChI is InChI=1S/C15H17BrN2O2/c16-10-2-1-9-7-14(18-13(9)8-10)15(20)17-11-3-5-12(19)6-4-11/h1-2,7-8,11-12,18-19H,3-6H2,(H,17,20). The summed E-state index contributed by atoms with van der Waals surface area (Å²) >= 11 is 3.42. The van der Waals surface area contributed by atoms with Crippen LogP contribution in [0.25, 0.3) is 10.9 Å². The number of amides is 1. The van der Waals surface area contributed by atoms with Gasteiger partial charge >= 0.3 is 0 Å². The number of benzene rings is 1. The molecule has 1 aliphatic carbocycles. The molecule has 0 aliphatic heterocycles. The van der Waals surface area contributed by atoms with Crippen molar-refractivity contribution in [1.82, 2.24) is 10.3 Å². The summed E-state index contributed by atoms with van der Waals surface area (Å²) in [5.41, 5.74) is 1.54. The van der Waals surface area contributed by atoms with Crippen molar-refractivity contribution in [2.75, 3.05) is 0 Å². The molecule has 1 heterocycles. The first kappa shape index (κ1) is 13.6. The Morgan fingerprint density at radius 1 is 1.25 bits per heavy atom. The van der Waals surface area contributed by atoms with Crippen molar-refractivity contribution in [2.45, 2.75) is 37.8 Å². The topological polar surface area (TPSA) is 65.1 Å². The van der Waals surface area contributed by atoms with E-state index in [-0.39, 0.29) is 18.1 Å². The van der Waals surface area contributed by atoms with Crippen molar-refractivity contribution in [3.63, 3.8) is 0 Å². The van der Waals surface area contributed by atoms with Crippen LogP contribution in [0, 0.1) is 0 Å². The molecule has 20 heavy (non-hydrogen) atoms. The molecule has 0 bridgehead atoms. The van der Waals surface area contributed by atoms with Gasteiger partial charge in [0.2, 0.25) is 0 Å². The maximum Gasteiger partial charge on any atom is 0.267 e. The van der Waals surface area contributed by atoms with Gasteiger partial charge in [0, 0.05) is 21.4 Å². The number of aromatic nitrogens is 1. The third kappa shape index (κ3) is 2.88. The van der Waals surface area contributed by atoms with Crippen molar-refractivity contribution in [3.8, 4) is 0 Å². The van der Waals surface area contributed by atoms with Gasteiger partial charge < -0.3 is 15.4 Å². The fourth-order valence-corrected chi connectivity index (χ4v) is 3.07. The molecule has 0 saturated heterocycles. The Hall–Kier alpha value is -1.33. The Morgan fingerprint density at radius 2 is 2.00 bits per heavy atom. The van der Waals surface area contributed by atoms with Crippen LogP contribution in [0.5, 0.6) is 0 Å². The Labute approximate surface area is 125 Å². The molecule has 0 spiro atoms. The average molecular weight is 337 g/mol. The summed E-state index contributed by atoms with van der Waals surface area (Å²) in [5.74, 6) is -0.0706. The van der Waals surface area contributed by atoms with E-state index >= 15 is 0 Å². The van der Waals surface area contributed by atoms with Gasteiger partial charge in [-0.1, -0.05) is 22.0 Å². The number of aliphatic hydroxyl groups excluding tert-OH is 1. The number of carbonyl (C=O) groups excluding carboxylic acids is 1. The van der Waals surface area contributed by atoms with Crippen LogP contribution in [0.15, 0.2) is 28.7 Å². The van der Waals surface area contributed by atoms with Crippen LogP contribution >= 0.6 is 15.9 Å². The zero-order valence-electron chi connectivity index (χ0n) is 11.0. The van der Waals surface area contributed by atoms with Crippen molar-refractivity contribution >= 4 is 32.7 Å². The largest absolute Gasteiger partial charge is 0.393 e. The Kier molecular flexibility index (Phi) is 3.81. The molecule has 1 aliphatic rings. The smallest absolute Gasteiger partial charge is 0.267 e. The van der Waals surface area contributed by atoms with Gasteiger partial charge in [-0.05, 0) is 43.9 Å². The maximum atomic E-state index is 12.2. The third-order valence-corrected chi connectivity index (χ3v) is 4.35. The summed E-state index contributed by atoms with van der Waals surface area (Å²) in [6, 6.07) is 7.94. The van der Waals surface area contributed by atoms with Crippen LogP contribution < -0.4 is 5.32 Å². The van der Waals surface area contributed by atoms with Crippen LogP contribution in [0.1, 0.15) is 36.2 Å². The lowest BCUT2D eigenvalue weighted by Crippen LogP contribution is -2.38. The SMILES string of the molecule is O=C(NC1CCC(O)CC1)c1cc2ccc(Br)cc2[nH]1. The maximum absolute atomic E-state index is 12.2. The second-order valence-electron chi connectivity index (χ2n) is 5.39. The summed E-state index contributed by atoms with van der Waals surface area (Å²) < 4.78 is 0.986. The van der Waals surface area contributed by atoms with Crippen LogP contribution in [0.3, 0.4) is 0 Å². The molecule has 1 amide bonds. The van der Waals surface area contributed by atoms with Crippen molar-refractivity contribution in [3.05, 3.63) is 34.4 Å². The molecule has 4 nitrogen and oxygen atoms in total. The zero-order valence-corrected chi connectivity index (χ0v) is 12.6. The van der Waals surface area contributed by atoms with E-state index in [0.29, 0.717) is 5.69 Å². The van der Waals surface area contributed by atoms with Crippen LogP contribution in [0.2, 0.25) is 0 Å². The molecular formula is C15H17BrN2O2. The summed E-state index contributed by atoms with van der Waals surface area (Å²) in [7, 11) is 0. The van der Waals surface area contributed by atoms with Crippen molar-refractivity contribution < 1.29 is 9.90 Å². The lowest BCUT2D eigenvalue weighted by molar-refractivity contribution is 0.0864. The highest BCUT2D eigenvalue weighted by molar-refractivity contribution is 9.10. The summed E-state index contributed by atoms with van der Waals surface area (Å²) in [6.07, 6.45) is 3.03. The Balaban J connectivity index is 1.72. The quantitative estimate of drug-likeness (QED) is 0.789. The number of aromatic amines is 1. The number of H-pyrrole nitrogens is 1. The van der Waals surface area contributed by atoms with Gasteiger partial charge in [-0.3, -0.25) is 4.79 Å². The molecule has 0 unspecified atom stereocenters. The van der Waals surface area contributed by atoms with Crippen LogP contribution in [-0.4, -0.2) is 28.1 Å². The van der Waals surface area contributed by atoms with Gasteiger partial charge in [-0.15, -0.1) is 0 Å². The Bertz CT molecular complexity index is 630.